The van der Waals surface area contributed by atoms with Crippen LogP contribution in [-0.4, -0.2) is 23.0 Å². The van der Waals surface area contributed by atoms with Gasteiger partial charge in [0.15, 0.2) is 0 Å². The van der Waals surface area contributed by atoms with Crippen LogP contribution in [0.5, 0.6) is 0 Å². The van der Waals surface area contributed by atoms with Crippen LogP contribution in [0.3, 0.4) is 0 Å². The van der Waals surface area contributed by atoms with Crippen molar-refractivity contribution in [3.63, 3.8) is 0 Å². The first-order valence-electron chi connectivity index (χ1n) is 3.92. The summed E-state index contributed by atoms with van der Waals surface area (Å²) < 4.78 is 0. The Balaban J connectivity index is 2.68. The molecule has 0 aromatic heterocycles. The summed E-state index contributed by atoms with van der Waals surface area (Å²) in [6.07, 6.45) is 4.64. The largest absolute Gasteiger partial charge is 0.541 e. The van der Waals surface area contributed by atoms with Gasteiger partial charge in [0, 0.05) is 0 Å². The van der Waals surface area contributed by atoms with E-state index in [1.165, 1.54) is 6.08 Å². The molecule has 1 unspecified atom stereocenters. The Morgan fingerprint density at radius 2 is 2.31 bits per heavy atom. The molecule has 0 aromatic rings. The molecule has 4 nitrogen and oxygen atoms in total. The summed E-state index contributed by atoms with van der Waals surface area (Å²) in [5.41, 5.74) is 0.611. The zero-order chi connectivity index (χ0) is 9.84. The lowest BCUT2D eigenvalue weighted by Crippen LogP contribution is -2.30. The Labute approximate surface area is 75.2 Å². The average Bonchev–Trinajstić information content (AvgIpc) is 2.08. The van der Waals surface area contributed by atoms with Gasteiger partial charge in [-0.1, -0.05) is 12.2 Å². The Morgan fingerprint density at radius 1 is 1.62 bits per heavy atom. The Kier molecular flexibility index (Phi) is 2.97. The molecule has 70 valence electrons. The van der Waals surface area contributed by atoms with E-state index in [9.17, 15) is 14.7 Å². The third kappa shape index (κ3) is 2.83. The number of aliphatic carboxylic acids is 1. The van der Waals surface area contributed by atoms with Crippen molar-refractivity contribution in [3.8, 4) is 0 Å². The third-order valence-electron chi connectivity index (χ3n) is 1.78. The van der Waals surface area contributed by atoms with Crippen LogP contribution in [0.25, 0.3) is 0 Å². The minimum atomic E-state index is -1.70. The molecular weight excluding hydrogens is 172 g/mol. The first kappa shape index (κ1) is 9.67. The third-order valence-corrected chi connectivity index (χ3v) is 1.78. The number of carboxylic acid groups (broad SMARTS) is 1. The van der Waals surface area contributed by atoms with Gasteiger partial charge in [-0.3, -0.25) is 4.79 Å². The monoisotopic (exact) mass is 181 g/mol. The van der Waals surface area contributed by atoms with E-state index in [0.717, 1.165) is 6.08 Å². The number of hydrogen-bond donors (Lipinski definition) is 1. The van der Waals surface area contributed by atoms with Gasteiger partial charge in [-0.2, -0.15) is 0 Å². The van der Waals surface area contributed by atoms with E-state index in [1.54, 1.807) is 6.08 Å². The van der Waals surface area contributed by atoms with E-state index in [-0.39, 0.29) is 0 Å². The summed E-state index contributed by atoms with van der Waals surface area (Å²) in [7, 11) is 0. The van der Waals surface area contributed by atoms with Gasteiger partial charge in [-0.25, -0.2) is 0 Å². The van der Waals surface area contributed by atoms with Gasteiger partial charge in [-0.15, -0.1) is 0 Å². The van der Waals surface area contributed by atoms with Crippen molar-refractivity contribution in [2.75, 3.05) is 0 Å². The van der Waals surface area contributed by atoms with E-state index in [4.69, 9.17) is 5.11 Å². The van der Waals surface area contributed by atoms with Gasteiger partial charge in [0.25, 0.3) is 0 Å². The SMILES string of the molecule is O=C([O-])C(=O)/C=C1/C=CC(O)CC1. The van der Waals surface area contributed by atoms with Gasteiger partial charge in [0.1, 0.15) is 5.97 Å². The topological polar surface area (TPSA) is 77.4 Å². The van der Waals surface area contributed by atoms with E-state index < -0.39 is 17.9 Å². The van der Waals surface area contributed by atoms with Crippen LogP contribution >= 0.6 is 0 Å². The quantitative estimate of drug-likeness (QED) is 0.435. The molecule has 1 atom stereocenters. The highest BCUT2D eigenvalue weighted by Crippen LogP contribution is 2.16. The summed E-state index contributed by atoms with van der Waals surface area (Å²) in [6, 6.07) is 0. The maximum Gasteiger partial charge on any atom is 0.201 e. The van der Waals surface area contributed by atoms with Crippen molar-refractivity contribution in [3.05, 3.63) is 23.8 Å². The van der Waals surface area contributed by atoms with E-state index >= 15 is 0 Å². The standard InChI is InChI=1S/C9H10O4/c10-7-3-1-6(2-4-7)5-8(11)9(12)13/h1,3,5,7,10H,2,4H2,(H,12,13)/p-1/b6-5-. The van der Waals surface area contributed by atoms with E-state index in [1.807, 2.05) is 0 Å². The lowest BCUT2D eigenvalue weighted by Gasteiger charge is -2.12. The summed E-state index contributed by atoms with van der Waals surface area (Å²) in [4.78, 5) is 20.7. The number of rotatable bonds is 2. The van der Waals surface area contributed by atoms with Crippen molar-refractivity contribution >= 4 is 11.8 Å². The van der Waals surface area contributed by atoms with Crippen molar-refractivity contribution in [2.45, 2.75) is 18.9 Å². The molecule has 0 fully saturated rings. The van der Waals surface area contributed by atoms with Crippen molar-refractivity contribution in [1.82, 2.24) is 0 Å². The first-order valence-corrected chi connectivity index (χ1v) is 3.92. The number of carbonyl (C=O) groups is 2. The molecule has 1 aliphatic rings. The van der Waals surface area contributed by atoms with Crippen molar-refractivity contribution in [2.24, 2.45) is 0 Å². The Bertz CT molecular complexity index is 288. The lowest BCUT2D eigenvalue weighted by molar-refractivity contribution is -0.299. The molecule has 0 spiro atoms. The molecule has 0 saturated heterocycles. The smallest absolute Gasteiger partial charge is 0.201 e. The number of carboxylic acids is 1. The zero-order valence-corrected chi connectivity index (χ0v) is 6.90. The predicted octanol–water partition coefficient (Wildman–Crippen LogP) is -1.06. The minimum Gasteiger partial charge on any atom is -0.541 e. The second kappa shape index (κ2) is 4.00. The van der Waals surface area contributed by atoms with Gasteiger partial charge in [0.05, 0.1) is 6.10 Å². The van der Waals surface area contributed by atoms with E-state index in [0.29, 0.717) is 18.4 Å². The van der Waals surface area contributed by atoms with E-state index in [2.05, 4.69) is 0 Å². The van der Waals surface area contributed by atoms with Crippen molar-refractivity contribution < 1.29 is 19.8 Å². The summed E-state index contributed by atoms with van der Waals surface area (Å²) >= 11 is 0. The molecule has 13 heavy (non-hydrogen) atoms. The van der Waals surface area contributed by atoms with Crippen LogP contribution in [0.4, 0.5) is 0 Å². The molecule has 0 aromatic carbocycles. The number of carbonyl (C=O) groups excluding carboxylic acids is 2. The normalized spacial score (nSPS) is 24.7. The molecular formula is C9H9O4-. The second-order valence-electron chi connectivity index (χ2n) is 2.84. The van der Waals surface area contributed by atoms with Crippen LogP contribution in [0.2, 0.25) is 0 Å². The maximum atomic E-state index is 10.7. The molecule has 0 bridgehead atoms. The fourth-order valence-corrected chi connectivity index (χ4v) is 1.08. The molecule has 1 rings (SSSR count). The van der Waals surface area contributed by atoms with Crippen LogP contribution in [0.15, 0.2) is 23.8 Å². The Hall–Kier alpha value is -1.42. The van der Waals surface area contributed by atoms with Crippen LogP contribution < -0.4 is 5.11 Å². The number of ketones is 1. The lowest BCUT2D eigenvalue weighted by atomic mass is 9.99. The molecule has 4 heteroatoms. The second-order valence-corrected chi connectivity index (χ2v) is 2.84. The first-order chi connectivity index (χ1) is 6.09. The number of allylic oxidation sites excluding steroid dienone is 2. The minimum absolute atomic E-state index is 0.491. The molecule has 1 N–H and O–H groups in total. The number of aliphatic hydroxyl groups is 1. The van der Waals surface area contributed by atoms with Gasteiger partial charge >= 0.3 is 0 Å². The van der Waals surface area contributed by atoms with Gasteiger partial charge in [0.2, 0.25) is 5.78 Å². The number of aliphatic hydroxyl groups excluding tert-OH is 1. The van der Waals surface area contributed by atoms with Gasteiger partial charge in [-0.05, 0) is 24.5 Å². The summed E-state index contributed by atoms with van der Waals surface area (Å²) in [5, 5.41) is 19.1. The highest BCUT2D eigenvalue weighted by molar-refractivity contribution is 6.36. The molecule has 1 aliphatic carbocycles. The maximum absolute atomic E-state index is 10.7. The zero-order valence-electron chi connectivity index (χ0n) is 6.90. The van der Waals surface area contributed by atoms with Crippen molar-refractivity contribution in [1.29, 1.82) is 0 Å². The number of hydrogen-bond acceptors (Lipinski definition) is 4. The fraction of sp³-hybridized carbons (Fsp3) is 0.333. The van der Waals surface area contributed by atoms with Crippen LogP contribution in [-0.2, 0) is 9.59 Å². The molecule has 0 aliphatic heterocycles. The highest BCUT2D eigenvalue weighted by Gasteiger charge is 2.08. The average molecular weight is 181 g/mol. The molecule has 0 saturated carbocycles. The Morgan fingerprint density at radius 3 is 2.77 bits per heavy atom. The van der Waals surface area contributed by atoms with Gasteiger partial charge < -0.3 is 15.0 Å². The summed E-state index contributed by atoms with van der Waals surface area (Å²) in [5.74, 6) is -2.73. The molecule has 0 radical (unpaired) electrons. The predicted molar refractivity (Wildman–Crippen MR) is 42.5 cm³/mol. The highest BCUT2D eigenvalue weighted by atomic mass is 16.4. The fourth-order valence-electron chi connectivity index (χ4n) is 1.08. The van der Waals surface area contributed by atoms with Crippen LogP contribution in [0.1, 0.15) is 12.8 Å². The molecule has 0 heterocycles. The summed E-state index contributed by atoms with van der Waals surface area (Å²) in [6.45, 7) is 0. The molecule has 0 amide bonds. The van der Waals surface area contributed by atoms with Crippen LogP contribution in [0, 0.1) is 0 Å².